The zero-order chi connectivity index (χ0) is 12.3. The lowest BCUT2D eigenvalue weighted by Gasteiger charge is -2.11. The van der Waals surface area contributed by atoms with Gasteiger partial charge in [-0.3, -0.25) is 9.78 Å². The van der Waals surface area contributed by atoms with Gasteiger partial charge in [0.2, 0.25) is 0 Å². The number of hydrogen-bond donors (Lipinski definition) is 2. The molecule has 2 N–H and O–H groups in total. The number of aromatic nitrogens is 1. The van der Waals surface area contributed by atoms with Crippen molar-refractivity contribution in [3.8, 4) is 5.75 Å². The number of halogens is 3. The third-order valence-corrected chi connectivity index (χ3v) is 2.24. The van der Waals surface area contributed by atoms with E-state index in [2.05, 4.69) is 4.98 Å². The minimum absolute atomic E-state index is 0.0191. The Kier molecular flexibility index (Phi) is 4.00. The molecule has 0 aliphatic rings. The van der Waals surface area contributed by atoms with Gasteiger partial charge in [0.1, 0.15) is 11.4 Å². The molecular weight excluding hydrogens is 244 g/mol. The van der Waals surface area contributed by atoms with E-state index in [4.69, 9.17) is 16.7 Å². The number of carbonyl (C=O) groups is 1. The molecule has 16 heavy (non-hydrogen) atoms. The number of carboxylic acids is 1. The number of aliphatic carboxylic acids is 1. The van der Waals surface area contributed by atoms with Gasteiger partial charge in [0.25, 0.3) is 6.43 Å². The van der Waals surface area contributed by atoms with Crippen LogP contribution in [0.4, 0.5) is 8.78 Å². The molecule has 0 bridgehead atoms. The largest absolute Gasteiger partial charge is 0.506 e. The molecule has 0 aliphatic heterocycles. The zero-order valence-corrected chi connectivity index (χ0v) is 8.71. The fourth-order valence-electron chi connectivity index (χ4n) is 1.28. The van der Waals surface area contributed by atoms with Crippen LogP contribution in [0.25, 0.3) is 0 Å². The Morgan fingerprint density at radius 3 is 2.56 bits per heavy atom. The van der Waals surface area contributed by atoms with Crippen molar-refractivity contribution < 1.29 is 23.8 Å². The first-order valence-corrected chi connectivity index (χ1v) is 4.76. The number of hydrogen-bond acceptors (Lipinski definition) is 3. The average molecular weight is 252 g/mol. The van der Waals surface area contributed by atoms with Crippen LogP contribution in [-0.2, 0) is 17.1 Å². The van der Waals surface area contributed by atoms with E-state index in [9.17, 15) is 18.7 Å². The highest BCUT2D eigenvalue weighted by Crippen LogP contribution is 2.30. The van der Waals surface area contributed by atoms with Gasteiger partial charge in [-0.2, -0.15) is 0 Å². The number of aromatic hydroxyl groups is 1. The van der Waals surface area contributed by atoms with Crippen LogP contribution in [0.1, 0.15) is 23.2 Å². The molecule has 0 unspecified atom stereocenters. The third-order valence-electron chi connectivity index (χ3n) is 1.98. The first-order valence-electron chi connectivity index (χ1n) is 4.22. The van der Waals surface area contributed by atoms with E-state index in [1.54, 1.807) is 0 Å². The first kappa shape index (κ1) is 12.6. The number of pyridine rings is 1. The van der Waals surface area contributed by atoms with Crippen LogP contribution >= 0.6 is 11.6 Å². The quantitative estimate of drug-likeness (QED) is 0.804. The number of nitrogens with zero attached hydrogens (tertiary/aromatic N) is 1. The van der Waals surface area contributed by atoms with Crippen molar-refractivity contribution in [3.63, 3.8) is 0 Å². The van der Waals surface area contributed by atoms with Gasteiger partial charge in [-0.1, -0.05) is 0 Å². The van der Waals surface area contributed by atoms with E-state index in [0.29, 0.717) is 0 Å². The predicted molar refractivity (Wildman–Crippen MR) is 51.8 cm³/mol. The minimum Gasteiger partial charge on any atom is -0.506 e. The average Bonchev–Trinajstić information content (AvgIpc) is 2.16. The molecule has 1 heterocycles. The lowest BCUT2D eigenvalue weighted by molar-refractivity contribution is -0.136. The molecule has 0 saturated heterocycles. The number of carboxylic acid groups (broad SMARTS) is 1. The van der Waals surface area contributed by atoms with Crippen molar-refractivity contribution in [2.45, 2.75) is 18.7 Å². The predicted octanol–water partition coefficient (Wildman–Crippen LogP) is 2.09. The molecule has 1 rings (SSSR count). The fraction of sp³-hybridized carbons (Fsp3) is 0.333. The van der Waals surface area contributed by atoms with Gasteiger partial charge in [-0.25, -0.2) is 8.78 Å². The molecule has 0 radical (unpaired) electrons. The van der Waals surface area contributed by atoms with Crippen molar-refractivity contribution in [1.82, 2.24) is 4.98 Å². The Labute approximate surface area is 94.5 Å². The second-order valence-electron chi connectivity index (χ2n) is 2.99. The molecule has 0 aromatic carbocycles. The van der Waals surface area contributed by atoms with Gasteiger partial charge >= 0.3 is 5.97 Å². The standard InChI is InChI=1S/C9H8ClF2NO3/c10-2-5-4(1-7(15)16)8(9(11)12)13-3-6(5)14/h3,9,14H,1-2H2,(H,15,16). The summed E-state index contributed by atoms with van der Waals surface area (Å²) in [4.78, 5) is 13.8. The summed E-state index contributed by atoms with van der Waals surface area (Å²) >= 11 is 5.47. The minimum atomic E-state index is -2.91. The Morgan fingerprint density at radius 1 is 1.50 bits per heavy atom. The summed E-state index contributed by atoms with van der Waals surface area (Å²) in [6.07, 6.45) is -2.72. The topological polar surface area (TPSA) is 70.4 Å². The summed E-state index contributed by atoms with van der Waals surface area (Å²) in [5, 5.41) is 17.9. The molecule has 0 atom stereocenters. The highest BCUT2D eigenvalue weighted by Gasteiger charge is 2.22. The Bertz CT molecular complexity index is 412. The summed E-state index contributed by atoms with van der Waals surface area (Å²) in [7, 11) is 0. The Balaban J connectivity index is 3.34. The van der Waals surface area contributed by atoms with Gasteiger partial charge in [-0.15, -0.1) is 11.6 Å². The number of rotatable bonds is 4. The molecule has 0 amide bonds. The smallest absolute Gasteiger partial charge is 0.307 e. The maximum absolute atomic E-state index is 12.5. The Hall–Kier alpha value is -1.43. The van der Waals surface area contributed by atoms with E-state index in [1.165, 1.54) is 0 Å². The summed E-state index contributed by atoms with van der Waals surface area (Å²) in [5.41, 5.74) is -0.900. The monoisotopic (exact) mass is 251 g/mol. The van der Waals surface area contributed by atoms with E-state index in [0.717, 1.165) is 6.20 Å². The molecule has 0 aliphatic carbocycles. The van der Waals surface area contributed by atoms with Crippen LogP contribution in [0, 0.1) is 0 Å². The third kappa shape index (κ3) is 2.57. The highest BCUT2D eigenvalue weighted by molar-refractivity contribution is 6.17. The highest BCUT2D eigenvalue weighted by atomic mass is 35.5. The lowest BCUT2D eigenvalue weighted by atomic mass is 10.0. The molecule has 4 nitrogen and oxygen atoms in total. The van der Waals surface area contributed by atoms with Crippen LogP contribution in [0.2, 0.25) is 0 Å². The Morgan fingerprint density at radius 2 is 2.12 bits per heavy atom. The lowest BCUT2D eigenvalue weighted by Crippen LogP contribution is -2.09. The molecule has 1 aromatic rings. The van der Waals surface area contributed by atoms with Crippen molar-refractivity contribution in [2.24, 2.45) is 0 Å². The van der Waals surface area contributed by atoms with Crippen LogP contribution < -0.4 is 0 Å². The van der Waals surface area contributed by atoms with E-state index in [-0.39, 0.29) is 22.8 Å². The normalized spacial score (nSPS) is 10.8. The van der Waals surface area contributed by atoms with Crippen LogP contribution in [-0.4, -0.2) is 21.2 Å². The zero-order valence-electron chi connectivity index (χ0n) is 7.95. The first-order chi connectivity index (χ1) is 7.47. The van der Waals surface area contributed by atoms with Gasteiger partial charge in [0, 0.05) is 5.56 Å². The van der Waals surface area contributed by atoms with E-state index in [1.807, 2.05) is 0 Å². The maximum atomic E-state index is 12.5. The van der Waals surface area contributed by atoms with Gasteiger partial charge in [-0.05, 0) is 5.56 Å². The van der Waals surface area contributed by atoms with Crippen molar-refractivity contribution in [3.05, 3.63) is 23.0 Å². The van der Waals surface area contributed by atoms with Crippen molar-refractivity contribution >= 4 is 17.6 Å². The summed E-state index contributed by atoms with van der Waals surface area (Å²) < 4.78 is 25.1. The maximum Gasteiger partial charge on any atom is 0.307 e. The summed E-state index contributed by atoms with van der Waals surface area (Å²) in [6, 6.07) is 0. The SMILES string of the molecule is O=C(O)Cc1c(C(F)F)ncc(O)c1CCl. The molecular formula is C9H8ClF2NO3. The fourth-order valence-corrected chi connectivity index (χ4v) is 1.58. The molecule has 0 spiro atoms. The molecule has 0 saturated carbocycles. The van der Waals surface area contributed by atoms with Gasteiger partial charge in [0.15, 0.2) is 0 Å². The second kappa shape index (κ2) is 5.07. The molecule has 0 fully saturated rings. The van der Waals surface area contributed by atoms with Crippen LogP contribution in [0.3, 0.4) is 0 Å². The van der Waals surface area contributed by atoms with Crippen molar-refractivity contribution in [1.29, 1.82) is 0 Å². The molecule has 88 valence electrons. The molecule has 1 aromatic heterocycles. The van der Waals surface area contributed by atoms with Crippen molar-refractivity contribution in [2.75, 3.05) is 0 Å². The summed E-state index contributed by atoms with van der Waals surface area (Å²) in [6.45, 7) is 0. The number of alkyl halides is 3. The van der Waals surface area contributed by atoms with E-state index < -0.39 is 24.5 Å². The van der Waals surface area contributed by atoms with Crippen LogP contribution in [0.5, 0.6) is 5.75 Å². The second-order valence-corrected chi connectivity index (χ2v) is 3.26. The van der Waals surface area contributed by atoms with E-state index >= 15 is 0 Å². The van der Waals surface area contributed by atoms with Gasteiger partial charge in [0.05, 0.1) is 18.5 Å². The van der Waals surface area contributed by atoms with Gasteiger partial charge < -0.3 is 10.2 Å². The summed E-state index contributed by atoms with van der Waals surface area (Å²) in [5.74, 6) is -1.92. The van der Waals surface area contributed by atoms with Crippen LogP contribution in [0.15, 0.2) is 6.20 Å². The molecule has 7 heteroatoms.